The highest BCUT2D eigenvalue weighted by Crippen LogP contribution is 2.30. The summed E-state index contributed by atoms with van der Waals surface area (Å²) in [5, 5.41) is 2.95. The molecule has 3 rings (SSSR count). The van der Waals surface area contributed by atoms with Crippen LogP contribution in [0.3, 0.4) is 0 Å². The van der Waals surface area contributed by atoms with E-state index in [9.17, 15) is 14.4 Å². The van der Waals surface area contributed by atoms with E-state index in [4.69, 9.17) is 4.74 Å². The van der Waals surface area contributed by atoms with E-state index in [0.29, 0.717) is 30.9 Å². The third kappa shape index (κ3) is 4.19. The number of nitrogens with one attached hydrogen (secondary N) is 1. The maximum Gasteiger partial charge on any atom is 0.338 e. The summed E-state index contributed by atoms with van der Waals surface area (Å²) < 4.78 is 4.97. The smallest absolute Gasteiger partial charge is 0.338 e. The molecule has 1 N–H and O–H groups in total. The molecule has 7 heteroatoms. The lowest BCUT2D eigenvalue weighted by Crippen LogP contribution is -2.55. The van der Waals surface area contributed by atoms with Crippen LogP contribution in [-0.4, -0.2) is 59.5 Å². The Bertz CT molecular complexity index is 737. The summed E-state index contributed by atoms with van der Waals surface area (Å²) >= 11 is 0. The predicted octanol–water partition coefficient (Wildman–Crippen LogP) is 2.41. The summed E-state index contributed by atoms with van der Waals surface area (Å²) in [4.78, 5) is 40.9. The highest BCUT2D eigenvalue weighted by molar-refractivity contribution is 6.07. The minimum atomic E-state index is -0.768. The van der Waals surface area contributed by atoms with Crippen LogP contribution < -0.4 is 5.32 Å². The molecule has 2 aliphatic rings. The summed E-state index contributed by atoms with van der Waals surface area (Å²) in [7, 11) is 0. The summed E-state index contributed by atoms with van der Waals surface area (Å²) in [5.74, 6) is 0.0596. The molecule has 0 atom stereocenters. The van der Waals surface area contributed by atoms with Gasteiger partial charge in [0.2, 0.25) is 0 Å². The Morgan fingerprint density at radius 3 is 2.39 bits per heavy atom. The number of esters is 1. The number of carbonyl (C=O) groups is 3. The molecule has 0 unspecified atom stereocenters. The first-order valence-electron chi connectivity index (χ1n) is 9.97. The molecule has 7 nitrogen and oxygen atoms in total. The molecular weight excluding hydrogens is 358 g/mol. The van der Waals surface area contributed by atoms with Gasteiger partial charge in [-0.1, -0.05) is 26.0 Å². The highest BCUT2D eigenvalue weighted by Gasteiger charge is 2.52. The van der Waals surface area contributed by atoms with Gasteiger partial charge in [0.25, 0.3) is 5.91 Å². The molecular formula is C21H29N3O4. The largest absolute Gasteiger partial charge is 0.462 e. The number of piperidine rings is 1. The molecule has 0 aliphatic carbocycles. The van der Waals surface area contributed by atoms with Gasteiger partial charge in [-0.2, -0.15) is 0 Å². The monoisotopic (exact) mass is 387 g/mol. The number of imide groups is 1. The van der Waals surface area contributed by atoms with Gasteiger partial charge in [0.1, 0.15) is 5.54 Å². The van der Waals surface area contributed by atoms with E-state index in [-0.39, 0.29) is 24.5 Å². The van der Waals surface area contributed by atoms with Crippen molar-refractivity contribution in [2.24, 2.45) is 5.92 Å². The molecule has 2 fully saturated rings. The van der Waals surface area contributed by atoms with Crippen molar-refractivity contribution in [3.8, 4) is 0 Å². The number of amides is 3. The SMILES string of the molecule is CCOC(=O)c1ccc(CN2C(=O)NC3(CCN(CC(C)C)CC3)C2=O)cc1. The van der Waals surface area contributed by atoms with Crippen LogP contribution >= 0.6 is 0 Å². The van der Waals surface area contributed by atoms with E-state index in [1.165, 1.54) is 4.90 Å². The van der Waals surface area contributed by atoms with Crippen LogP contribution in [0.25, 0.3) is 0 Å². The third-order valence-corrected chi connectivity index (χ3v) is 5.38. The minimum Gasteiger partial charge on any atom is -0.462 e. The van der Waals surface area contributed by atoms with Crippen LogP contribution in [0.1, 0.15) is 49.5 Å². The van der Waals surface area contributed by atoms with Crippen molar-refractivity contribution in [2.45, 2.75) is 45.7 Å². The normalized spacial score (nSPS) is 19.4. The van der Waals surface area contributed by atoms with E-state index in [0.717, 1.165) is 25.2 Å². The lowest BCUT2D eigenvalue weighted by Gasteiger charge is -2.38. The topological polar surface area (TPSA) is 79.0 Å². The molecule has 152 valence electrons. The highest BCUT2D eigenvalue weighted by atomic mass is 16.5. The number of urea groups is 1. The fourth-order valence-corrected chi connectivity index (χ4v) is 3.94. The third-order valence-electron chi connectivity index (χ3n) is 5.38. The van der Waals surface area contributed by atoms with Gasteiger partial charge in [-0.3, -0.25) is 9.69 Å². The first-order chi connectivity index (χ1) is 13.3. The quantitative estimate of drug-likeness (QED) is 0.599. The average molecular weight is 387 g/mol. The van der Waals surface area contributed by atoms with Crippen LogP contribution in [0, 0.1) is 5.92 Å². The number of benzene rings is 1. The van der Waals surface area contributed by atoms with Gasteiger partial charge < -0.3 is 15.0 Å². The van der Waals surface area contributed by atoms with Crippen molar-refractivity contribution in [2.75, 3.05) is 26.2 Å². The number of nitrogens with zero attached hydrogens (tertiary/aromatic N) is 2. The zero-order valence-corrected chi connectivity index (χ0v) is 16.9. The van der Waals surface area contributed by atoms with Crippen molar-refractivity contribution in [3.05, 3.63) is 35.4 Å². The van der Waals surface area contributed by atoms with Gasteiger partial charge in [0, 0.05) is 19.6 Å². The first kappa shape index (κ1) is 20.3. The second-order valence-corrected chi connectivity index (χ2v) is 8.02. The predicted molar refractivity (Wildman–Crippen MR) is 105 cm³/mol. The fourth-order valence-electron chi connectivity index (χ4n) is 3.94. The van der Waals surface area contributed by atoms with Crippen LogP contribution in [0.2, 0.25) is 0 Å². The summed E-state index contributed by atoms with van der Waals surface area (Å²) in [5.41, 5.74) is 0.484. The van der Waals surface area contributed by atoms with Gasteiger partial charge in [-0.05, 0) is 43.4 Å². The van der Waals surface area contributed by atoms with Crippen molar-refractivity contribution in [3.63, 3.8) is 0 Å². The molecule has 1 spiro atoms. The van der Waals surface area contributed by atoms with Crippen molar-refractivity contribution < 1.29 is 19.1 Å². The maximum atomic E-state index is 13.0. The average Bonchev–Trinajstić information content (AvgIpc) is 2.88. The Hall–Kier alpha value is -2.41. The molecule has 2 aliphatic heterocycles. The Labute approximate surface area is 166 Å². The number of hydrogen-bond donors (Lipinski definition) is 1. The van der Waals surface area contributed by atoms with E-state index in [1.807, 2.05) is 0 Å². The van der Waals surface area contributed by atoms with Crippen molar-refractivity contribution in [1.82, 2.24) is 15.1 Å². The lowest BCUT2D eigenvalue weighted by molar-refractivity contribution is -0.133. The van der Waals surface area contributed by atoms with E-state index < -0.39 is 5.54 Å². The van der Waals surface area contributed by atoms with Crippen molar-refractivity contribution in [1.29, 1.82) is 0 Å². The van der Waals surface area contributed by atoms with Gasteiger partial charge in [0.15, 0.2) is 0 Å². The van der Waals surface area contributed by atoms with Gasteiger partial charge in [0.05, 0.1) is 18.7 Å². The molecule has 0 bridgehead atoms. The van der Waals surface area contributed by atoms with Gasteiger partial charge in [-0.15, -0.1) is 0 Å². The molecule has 0 radical (unpaired) electrons. The molecule has 1 aromatic carbocycles. The van der Waals surface area contributed by atoms with E-state index >= 15 is 0 Å². The number of carbonyl (C=O) groups excluding carboxylic acids is 3. The molecule has 2 heterocycles. The standard InChI is InChI=1S/C21H29N3O4/c1-4-28-18(25)17-7-5-16(6-8-17)14-24-19(26)21(22-20(24)27)9-11-23(12-10-21)13-15(2)3/h5-8,15H,4,9-14H2,1-3H3,(H,22,27). The number of likely N-dealkylation sites (tertiary alicyclic amines) is 1. The summed E-state index contributed by atoms with van der Waals surface area (Å²) in [6, 6.07) is 6.49. The first-order valence-corrected chi connectivity index (χ1v) is 9.97. The van der Waals surface area contributed by atoms with E-state index in [2.05, 4.69) is 24.1 Å². The summed E-state index contributed by atoms with van der Waals surface area (Å²) in [6.07, 6.45) is 1.28. The molecule has 28 heavy (non-hydrogen) atoms. The van der Waals surface area contributed by atoms with Crippen molar-refractivity contribution >= 4 is 17.9 Å². The van der Waals surface area contributed by atoms with Crippen LogP contribution in [0.5, 0.6) is 0 Å². The lowest BCUT2D eigenvalue weighted by atomic mass is 9.87. The van der Waals surface area contributed by atoms with Crippen LogP contribution in [-0.2, 0) is 16.1 Å². The number of hydrogen-bond acceptors (Lipinski definition) is 5. The fraction of sp³-hybridized carbons (Fsp3) is 0.571. The Kier molecular flexibility index (Phi) is 6.03. The van der Waals surface area contributed by atoms with Gasteiger partial charge >= 0.3 is 12.0 Å². The minimum absolute atomic E-state index is 0.142. The Morgan fingerprint density at radius 2 is 1.82 bits per heavy atom. The molecule has 1 aromatic rings. The zero-order valence-electron chi connectivity index (χ0n) is 16.9. The summed E-state index contributed by atoms with van der Waals surface area (Å²) in [6.45, 7) is 9.27. The number of rotatable bonds is 6. The second kappa shape index (κ2) is 8.31. The molecule has 0 saturated carbocycles. The molecule has 3 amide bonds. The second-order valence-electron chi connectivity index (χ2n) is 8.02. The number of ether oxygens (including phenoxy) is 1. The molecule has 2 saturated heterocycles. The Balaban J connectivity index is 1.64. The zero-order chi connectivity index (χ0) is 20.3. The Morgan fingerprint density at radius 1 is 1.18 bits per heavy atom. The van der Waals surface area contributed by atoms with Gasteiger partial charge in [-0.25, -0.2) is 9.59 Å². The van der Waals surface area contributed by atoms with Crippen LogP contribution in [0.4, 0.5) is 4.79 Å². The van der Waals surface area contributed by atoms with Crippen LogP contribution in [0.15, 0.2) is 24.3 Å². The molecule has 0 aromatic heterocycles. The maximum absolute atomic E-state index is 13.0. The van der Waals surface area contributed by atoms with E-state index in [1.54, 1.807) is 31.2 Å².